The maximum atomic E-state index is 12.9. The second-order valence-electron chi connectivity index (χ2n) is 7.20. The summed E-state index contributed by atoms with van der Waals surface area (Å²) in [5.74, 6) is 0.659. The molecule has 7 nitrogen and oxygen atoms in total. The van der Waals surface area contributed by atoms with Gasteiger partial charge in [-0.3, -0.25) is 9.69 Å². The molecule has 3 rings (SSSR count). The third-order valence-corrected chi connectivity index (χ3v) is 6.89. The van der Waals surface area contributed by atoms with Crippen LogP contribution < -0.4 is 10.1 Å². The third-order valence-electron chi connectivity index (χ3n) is 4.97. The molecule has 0 spiro atoms. The van der Waals surface area contributed by atoms with Crippen molar-refractivity contribution in [3.63, 3.8) is 0 Å². The van der Waals surface area contributed by atoms with Crippen molar-refractivity contribution in [2.75, 3.05) is 38.6 Å². The molecule has 156 valence electrons. The molecule has 0 radical (unpaired) electrons. The van der Waals surface area contributed by atoms with Gasteiger partial charge in [-0.05, 0) is 37.3 Å². The van der Waals surface area contributed by atoms with Gasteiger partial charge in [-0.2, -0.15) is 4.31 Å². The predicted octanol–water partition coefficient (Wildman–Crippen LogP) is 2.47. The molecule has 0 unspecified atom stereocenters. The molecule has 8 heteroatoms. The van der Waals surface area contributed by atoms with Gasteiger partial charge in [-0.25, -0.2) is 8.42 Å². The van der Waals surface area contributed by atoms with E-state index in [0.717, 1.165) is 17.9 Å². The number of amides is 1. The average molecular weight is 418 g/mol. The summed E-state index contributed by atoms with van der Waals surface area (Å²) in [7, 11) is -1.89. The van der Waals surface area contributed by atoms with E-state index in [9.17, 15) is 13.2 Å². The topological polar surface area (TPSA) is 79.0 Å². The molecular weight excluding hydrogens is 390 g/mol. The minimum absolute atomic E-state index is 0.193. The lowest BCUT2D eigenvalue weighted by Crippen LogP contribution is -2.48. The first-order chi connectivity index (χ1) is 13.8. The van der Waals surface area contributed by atoms with Crippen molar-refractivity contribution >= 4 is 21.6 Å². The zero-order valence-electron chi connectivity index (χ0n) is 17.0. The molecule has 0 aliphatic carbocycles. The quantitative estimate of drug-likeness (QED) is 0.781. The summed E-state index contributed by atoms with van der Waals surface area (Å²) in [4.78, 5) is 13.6. The minimum Gasteiger partial charge on any atom is -0.496 e. The van der Waals surface area contributed by atoms with E-state index in [2.05, 4.69) is 16.3 Å². The molecular formula is C21H27N3O4S. The highest BCUT2D eigenvalue weighted by atomic mass is 32.2. The molecule has 2 aromatic carbocycles. The summed E-state index contributed by atoms with van der Waals surface area (Å²) in [5.41, 5.74) is 2.86. The van der Waals surface area contributed by atoms with E-state index in [1.54, 1.807) is 19.2 Å². The van der Waals surface area contributed by atoms with Gasteiger partial charge in [0, 0.05) is 50.9 Å². The van der Waals surface area contributed by atoms with Crippen LogP contribution in [0.15, 0.2) is 47.4 Å². The monoisotopic (exact) mass is 417 g/mol. The van der Waals surface area contributed by atoms with Gasteiger partial charge in [-0.1, -0.05) is 17.7 Å². The molecule has 2 aromatic rings. The molecule has 1 amide bonds. The van der Waals surface area contributed by atoms with E-state index in [4.69, 9.17) is 4.74 Å². The molecule has 0 saturated carbocycles. The number of methoxy groups -OCH3 is 1. The number of anilines is 1. The summed E-state index contributed by atoms with van der Waals surface area (Å²) in [6, 6.07) is 12.4. The first-order valence-corrected chi connectivity index (χ1v) is 11.0. The van der Waals surface area contributed by atoms with E-state index in [1.165, 1.54) is 28.9 Å². The van der Waals surface area contributed by atoms with E-state index in [1.807, 2.05) is 19.1 Å². The number of rotatable bonds is 6. The van der Waals surface area contributed by atoms with Crippen LogP contribution in [0.1, 0.15) is 18.1 Å². The van der Waals surface area contributed by atoms with Gasteiger partial charge in [-0.15, -0.1) is 0 Å². The third kappa shape index (κ3) is 5.14. The van der Waals surface area contributed by atoms with Gasteiger partial charge in [0.15, 0.2) is 0 Å². The fourth-order valence-electron chi connectivity index (χ4n) is 3.46. The van der Waals surface area contributed by atoms with Gasteiger partial charge < -0.3 is 10.1 Å². The van der Waals surface area contributed by atoms with Crippen molar-refractivity contribution in [1.82, 2.24) is 9.21 Å². The van der Waals surface area contributed by atoms with Crippen LogP contribution in [0.25, 0.3) is 0 Å². The van der Waals surface area contributed by atoms with Gasteiger partial charge in [0.25, 0.3) is 0 Å². The Kier molecular flexibility index (Phi) is 6.56. The Bertz CT molecular complexity index is 966. The highest BCUT2D eigenvalue weighted by Crippen LogP contribution is 2.24. The Hall–Kier alpha value is -2.42. The summed E-state index contributed by atoms with van der Waals surface area (Å²) in [6.45, 7) is 6.36. The summed E-state index contributed by atoms with van der Waals surface area (Å²) in [6.07, 6.45) is 0. The lowest BCUT2D eigenvalue weighted by atomic mass is 10.1. The second kappa shape index (κ2) is 8.94. The van der Waals surface area contributed by atoms with Crippen molar-refractivity contribution in [3.8, 4) is 5.75 Å². The van der Waals surface area contributed by atoms with Crippen molar-refractivity contribution < 1.29 is 17.9 Å². The van der Waals surface area contributed by atoms with Crippen LogP contribution in [0, 0.1) is 6.92 Å². The number of sulfonamides is 1. The van der Waals surface area contributed by atoms with Gasteiger partial charge in [0.1, 0.15) is 5.75 Å². The van der Waals surface area contributed by atoms with Crippen LogP contribution in [0.4, 0.5) is 5.69 Å². The SMILES string of the molecule is COc1ccc(C)cc1CN1CCN(S(=O)(=O)c2ccc(NC(C)=O)cc2)CC1. The van der Waals surface area contributed by atoms with Crippen molar-refractivity contribution in [3.05, 3.63) is 53.6 Å². The Morgan fingerprint density at radius 1 is 1.07 bits per heavy atom. The van der Waals surface area contributed by atoms with Gasteiger partial charge in [0.2, 0.25) is 15.9 Å². The fourth-order valence-corrected chi connectivity index (χ4v) is 4.88. The molecule has 0 atom stereocenters. The molecule has 29 heavy (non-hydrogen) atoms. The number of ether oxygens (including phenoxy) is 1. The van der Waals surface area contributed by atoms with Crippen LogP contribution in [0.5, 0.6) is 5.75 Å². The molecule has 0 aromatic heterocycles. The highest BCUT2D eigenvalue weighted by Gasteiger charge is 2.28. The van der Waals surface area contributed by atoms with Gasteiger partial charge >= 0.3 is 0 Å². The van der Waals surface area contributed by atoms with Crippen LogP contribution in [-0.2, 0) is 21.4 Å². The van der Waals surface area contributed by atoms with Crippen molar-refractivity contribution in [1.29, 1.82) is 0 Å². The number of piperazine rings is 1. The van der Waals surface area contributed by atoms with Crippen LogP contribution in [0.2, 0.25) is 0 Å². The first-order valence-electron chi connectivity index (χ1n) is 9.53. The maximum absolute atomic E-state index is 12.9. The standard InChI is InChI=1S/C21H27N3O4S/c1-16-4-9-21(28-3)18(14-16)15-23-10-12-24(13-11-23)29(26,27)20-7-5-19(6-8-20)22-17(2)25/h4-9,14H,10-13,15H2,1-3H3,(H,22,25). The molecule has 0 bridgehead atoms. The Morgan fingerprint density at radius 3 is 2.31 bits per heavy atom. The Morgan fingerprint density at radius 2 is 1.72 bits per heavy atom. The normalized spacial score (nSPS) is 15.8. The number of benzene rings is 2. The first kappa shape index (κ1) is 21.3. The maximum Gasteiger partial charge on any atom is 0.243 e. The Labute approximate surface area is 172 Å². The summed E-state index contributed by atoms with van der Waals surface area (Å²) >= 11 is 0. The zero-order valence-corrected chi connectivity index (χ0v) is 17.8. The van der Waals surface area contributed by atoms with Crippen LogP contribution in [-0.4, -0.2) is 56.8 Å². The zero-order chi connectivity index (χ0) is 21.0. The summed E-state index contributed by atoms with van der Waals surface area (Å²) < 4.78 is 32.8. The lowest BCUT2D eigenvalue weighted by molar-refractivity contribution is -0.114. The molecule has 1 heterocycles. The minimum atomic E-state index is -3.55. The van der Waals surface area contributed by atoms with Crippen LogP contribution in [0.3, 0.4) is 0 Å². The molecule has 1 aliphatic heterocycles. The molecule has 1 fully saturated rings. The van der Waals surface area contributed by atoms with Crippen LogP contribution >= 0.6 is 0 Å². The largest absolute Gasteiger partial charge is 0.496 e. The van der Waals surface area contributed by atoms with E-state index in [0.29, 0.717) is 31.9 Å². The number of carbonyl (C=O) groups is 1. The van der Waals surface area contributed by atoms with E-state index in [-0.39, 0.29) is 10.8 Å². The predicted molar refractivity (Wildman–Crippen MR) is 113 cm³/mol. The number of nitrogens with one attached hydrogen (secondary N) is 1. The number of aryl methyl sites for hydroxylation is 1. The number of carbonyl (C=O) groups excluding carboxylic acids is 1. The molecule has 1 N–H and O–H groups in total. The van der Waals surface area contributed by atoms with Crippen molar-refractivity contribution in [2.24, 2.45) is 0 Å². The van der Waals surface area contributed by atoms with Gasteiger partial charge in [0.05, 0.1) is 12.0 Å². The van der Waals surface area contributed by atoms with Crippen molar-refractivity contribution in [2.45, 2.75) is 25.3 Å². The second-order valence-corrected chi connectivity index (χ2v) is 9.14. The average Bonchev–Trinajstić information content (AvgIpc) is 2.68. The van der Waals surface area contributed by atoms with E-state index >= 15 is 0 Å². The van der Waals surface area contributed by atoms with E-state index < -0.39 is 10.0 Å². The smallest absolute Gasteiger partial charge is 0.243 e. The Balaban J connectivity index is 1.64. The number of nitrogens with zero attached hydrogens (tertiary/aromatic N) is 2. The number of hydrogen-bond acceptors (Lipinski definition) is 5. The highest BCUT2D eigenvalue weighted by molar-refractivity contribution is 7.89. The fraction of sp³-hybridized carbons (Fsp3) is 0.381. The molecule has 1 aliphatic rings. The summed E-state index contributed by atoms with van der Waals surface area (Å²) in [5, 5.41) is 2.64. The lowest BCUT2D eigenvalue weighted by Gasteiger charge is -2.34. The number of hydrogen-bond donors (Lipinski definition) is 1. The molecule has 1 saturated heterocycles.